The molecule has 40 valence electrons. The predicted molar refractivity (Wildman–Crippen MR) is 14.4 cm³/mol. The van der Waals surface area contributed by atoms with Crippen LogP contribution < -0.4 is 9.41 Å². The summed E-state index contributed by atoms with van der Waals surface area (Å²) in [7, 11) is 0. The van der Waals surface area contributed by atoms with E-state index in [4.69, 9.17) is 0 Å². The van der Waals surface area contributed by atoms with Gasteiger partial charge in [0.15, 0.2) is 0 Å². The molecule has 0 aliphatic rings. The second-order valence-electron chi connectivity index (χ2n) is 0. The molecule has 0 aromatic carbocycles. The van der Waals surface area contributed by atoms with Crippen molar-refractivity contribution in [3.05, 3.63) is 0 Å². The fraction of sp³-hybridized carbons (Fsp3) is 0. The van der Waals surface area contributed by atoms with E-state index >= 15 is 0 Å². The van der Waals surface area contributed by atoms with Crippen LogP contribution in [0.15, 0.2) is 0 Å². The van der Waals surface area contributed by atoms with E-state index in [-0.39, 0.29) is 69.8 Å². The summed E-state index contributed by atoms with van der Waals surface area (Å²) < 4.78 is 0. The minimum Gasteiger partial charge on any atom is -1.00 e. The molecule has 0 saturated carbocycles. The molecule has 2 N–H and O–H groups in total. The third kappa shape index (κ3) is 66.3. The Labute approximate surface area is 69.2 Å². The van der Waals surface area contributed by atoms with Gasteiger partial charge < -0.3 is 14.9 Å². The molecule has 0 fully saturated rings. The Hall–Kier alpha value is 1.16. The molecular formula is H4F4OSr. The van der Waals surface area contributed by atoms with Gasteiger partial charge in [-0.25, -0.2) is 0 Å². The summed E-state index contributed by atoms with van der Waals surface area (Å²) >= 11 is 0. The number of rotatable bonds is 0. The van der Waals surface area contributed by atoms with Crippen molar-refractivity contribution in [1.82, 2.24) is 0 Å². The van der Waals surface area contributed by atoms with Gasteiger partial charge >= 0.3 is 45.5 Å². The molecule has 0 radical (unpaired) electrons. The van der Waals surface area contributed by atoms with Gasteiger partial charge in [-0.15, -0.1) is 0 Å². The van der Waals surface area contributed by atoms with Crippen LogP contribution in [-0.2, 0) is 0 Å². The summed E-state index contributed by atoms with van der Waals surface area (Å²) in [4.78, 5) is 0. The number of hydrogen-bond acceptors (Lipinski definition) is 0. The molecule has 0 aliphatic carbocycles. The first-order chi connectivity index (χ1) is 0. The molecule has 0 atom stereocenters. The molecule has 0 saturated heterocycles. The summed E-state index contributed by atoms with van der Waals surface area (Å²) in [6.07, 6.45) is 0. The van der Waals surface area contributed by atoms with E-state index in [9.17, 15) is 0 Å². The Bertz CT molecular complexity index is 7.51. The molecule has 0 heterocycles. The second-order valence-corrected chi connectivity index (χ2v) is 0. The minimum atomic E-state index is 0. The summed E-state index contributed by atoms with van der Waals surface area (Å²) in [6, 6.07) is 0. The first-order valence-corrected chi connectivity index (χ1v) is 0. The Morgan fingerprint density at radius 1 is 0.667 bits per heavy atom. The van der Waals surface area contributed by atoms with E-state index < -0.39 is 0 Å². The molecule has 0 aromatic rings. The zero-order chi connectivity index (χ0) is 0. The van der Waals surface area contributed by atoms with Crippen molar-refractivity contribution in [3.63, 3.8) is 0 Å². The Morgan fingerprint density at radius 3 is 0.667 bits per heavy atom. The second kappa shape index (κ2) is 122. The zero-order valence-corrected chi connectivity index (χ0v) is 6.26. The van der Waals surface area contributed by atoms with Crippen LogP contribution in [0.5, 0.6) is 0 Å². The normalized spacial score (nSPS) is 0. The third-order valence-corrected chi connectivity index (χ3v) is 0. The van der Waals surface area contributed by atoms with E-state index in [1.54, 1.807) is 0 Å². The van der Waals surface area contributed by atoms with Crippen molar-refractivity contribution >= 4 is 45.5 Å². The summed E-state index contributed by atoms with van der Waals surface area (Å²) in [5.74, 6) is 0. The van der Waals surface area contributed by atoms with Crippen molar-refractivity contribution in [2.75, 3.05) is 0 Å². The molecule has 1 nitrogen and oxygen atoms in total. The van der Waals surface area contributed by atoms with Crippen molar-refractivity contribution in [1.29, 1.82) is 0 Å². The van der Waals surface area contributed by atoms with E-state index in [0.29, 0.717) is 0 Å². The standard InChI is InChI=1S/4FH.H2O.Sr/h4*1H;1H2;/q;;;;;+2/p-2. The maximum atomic E-state index is 0. The zero-order valence-electron chi connectivity index (χ0n) is 2.78. The van der Waals surface area contributed by atoms with Crippen molar-refractivity contribution < 1.29 is 24.3 Å². The first-order valence-electron chi connectivity index (χ1n) is 0. The maximum absolute atomic E-state index is 0. The van der Waals surface area contributed by atoms with Crippen LogP contribution in [-0.4, -0.2) is 51.0 Å². The van der Waals surface area contributed by atoms with Crippen LogP contribution in [0.4, 0.5) is 9.41 Å². The molecule has 0 rings (SSSR count). The summed E-state index contributed by atoms with van der Waals surface area (Å²) in [5, 5.41) is 0. The molecule has 0 aliphatic heterocycles. The van der Waals surface area contributed by atoms with Crippen LogP contribution in [0.1, 0.15) is 0 Å². The monoisotopic (exact) mass is 184 g/mol. The molecule has 0 spiro atoms. The van der Waals surface area contributed by atoms with Crippen LogP contribution in [0, 0.1) is 0 Å². The molecule has 6 heteroatoms. The van der Waals surface area contributed by atoms with Crippen molar-refractivity contribution in [2.45, 2.75) is 0 Å². The van der Waals surface area contributed by atoms with Gasteiger partial charge in [-0.3, -0.25) is 9.41 Å². The average molecular weight is 184 g/mol. The Kier molecular flexibility index (Phi) is 4100. The predicted octanol–water partition coefficient (Wildman–Crippen LogP) is -6.89. The van der Waals surface area contributed by atoms with Gasteiger partial charge in [0, 0.05) is 0 Å². The molecule has 0 unspecified atom stereocenters. The largest absolute Gasteiger partial charge is 2.00 e. The summed E-state index contributed by atoms with van der Waals surface area (Å²) in [5.41, 5.74) is 0. The van der Waals surface area contributed by atoms with Crippen LogP contribution in [0.25, 0.3) is 0 Å². The first kappa shape index (κ1) is 202. The number of hydrogen-bond donors (Lipinski definition) is 0. The Balaban J connectivity index is 0. The smallest absolute Gasteiger partial charge is 1.00 e. The van der Waals surface area contributed by atoms with Crippen LogP contribution in [0.3, 0.4) is 0 Å². The number of halogens is 4. The van der Waals surface area contributed by atoms with E-state index in [2.05, 4.69) is 0 Å². The third-order valence-electron chi connectivity index (χ3n) is 0. The van der Waals surface area contributed by atoms with Crippen molar-refractivity contribution in [3.8, 4) is 0 Å². The van der Waals surface area contributed by atoms with Gasteiger partial charge in [-0.1, -0.05) is 0 Å². The fourth-order valence-electron chi connectivity index (χ4n) is 0. The fourth-order valence-corrected chi connectivity index (χ4v) is 0. The van der Waals surface area contributed by atoms with E-state index in [1.807, 2.05) is 0 Å². The average Bonchev–Trinajstić information content (AvgIpc) is 0. The molecule has 0 amide bonds. The summed E-state index contributed by atoms with van der Waals surface area (Å²) in [6.45, 7) is 0. The van der Waals surface area contributed by atoms with E-state index in [1.165, 1.54) is 0 Å². The van der Waals surface area contributed by atoms with Gasteiger partial charge in [0.25, 0.3) is 0 Å². The van der Waals surface area contributed by atoms with Gasteiger partial charge in [-0.2, -0.15) is 0 Å². The van der Waals surface area contributed by atoms with Gasteiger partial charge in [-0.05, 0) is 0 Å². The van der Waals surface area contributed by atoms with Gasteiger partial charge in [0.1, 0.15) is 0 Å². The Morgan fingerprint density at radius 2 is 0.667 bits per heavy atom. The van der Waals surface area contributed by atoms with Crippen LogP contribution >= 0.6 is 0 Å². The van der Waals surface area contributed by atoms with Gasteiger partial charge in [0.05, 0.1) is 0 Å². The maximum Gasteiger partial charge on any atom is 2.00 e. The van der Waals surface area contributed by atoms with Gasteiger partial charge in [0.2, 0.25) is 0 Å². The molecule has 0 aromatic heterocycles. The molecule has 6 heavy (non-hydrogen) atoms. The molecule has 0 bridgehead atoms. The van der Waals surface area contributed by atoms with Crippen LogP contribution in [0.2, 0.25) is 0 Å². The topological polar surface area (TPSA) is 31.5 Å². The van der Waals surface area contributed by atoms with E-state index in [0.717, 1.165) is 0 Å². The SMILES string of the molecule is F.F.O.[F-].[F-].[Sr+2]. The van der Waals surface area contributed by atoms with Crippen molar-refractivity contribution in [2.24, 2.45) is 0 Å². The molecular weight excluding hydrogens is 180 g/mol. The minimum absolute atomic E-state index is 0. The quantitative estimate of drug-likeness (QED) is 0.264.